The zero-order valence-electron chi connectivity index (χ0n) is 25.2. The van der Waals surface area contributed by atoms with Crippen LogP contribution in [0.3, 0.4) is 0 Å². The smallest absolute Gasteiger partial charge is 0.417 e. The number of hydrogen-bond acceptors (Lipinski definition) is 4. The Morgan fingerprint density at radius 3 is 2.56 bits per heavy atom. The highest BCUT2D eigenvalue weighted by atomic mass is 32.2. The maximum absolute atomic E-state index is 11.6. The molecule has 39 heavy (non-hydrogen) atoms. The van der Waals surface area contributed by atoms with Gasteiger partial charge in [0.15, 0.2) is 0 Å². The highest BCUT2D eigenvalue weighted by molar-refractivity contribution is 7.97. The lowest BCUT2D eigenvalue weighted by Crippen LogP contribution is -2.52. The van der Waals surface area contributed by atoms with E-state index in [9.17, 15) is 4.79 Å². The van der Waals surface area contributed by atoms with Gasteiger partial charge >= 0.3 is 6.09 Å². The highest BCUT2D eigenvalue weighted by Gasteiger charge is 2.59. The fourth-order valence-corrected chi connectivity index (χ4v) is 10.1. The van der Waals surface area contributed by atoms with E-state index in [1.54, 1.807) is 0 Å². The molecule has 0 saturated heterocycles. The second-order valence-corrected chi connectivity index (χ2v) is 15.0. The van der Waals surface area contributed by atoms with Gasteiger partial charge < -0.3 is 9.47 Å². The number of ether oxygens (including phenoxy) is 2. The number of carbonyl (C=O) groups is 1. The Kier molecular flexibility index (Phi) is 8.86. The molecular formula is C34H53NO3S. The van der Waals surface area contributed by atoms with E-state index in [2.05, 4.69) is 50.6 Å². The molecular weight excluding hydrogens is 502 g/mol. The van der Waals surface area contributed by atoms with Crippen LogP contribution in [0, 0.1) is 40.4 Å². The van der Waals surface area contributed by atoms with Crippen LogP contribution in [0.4, 0.5) is 4.79 Å². The molecule has 4 saturated carbocycles. The predicted molar refractivity (Wildman–Crippen MR) is 162 cm³/mol. The average molecular weight is 556 g/mol. The molecule has 218 valence electrons. The number of carbonyl (C=O) groups excluding carboxylic acids is 1. The first kappa shape index (κ1) is 29.1. The zero-order chi connectivity index (χ0) is 27.7. The van der Waals surface area contributed by atoms with Crippen molar-refractivity contribution in [1.82, 2.24) is 4.72 Å². The lowest BCUT2D eigenvalue weighted by atomic mass is 9.45. The van der Waals surface area contributed by atoms with Crippen molar-refractivity contribution >= 4 is 18.0 Å². The second kappa shape index (κ2) is 11.9. The molecule has 4 fully saturated rings. The summed E-state index contributed by atoms with van der Waals surface area (Å²) in [6.45, 7) is 10.1. The lowest BCUT2D eigenvalue weighted by Gasteiger charge is -2.60. The van der Waals surface area contributed by atoms with Crippen LogP contribution in [0.15, 0.2) is 24.3 Å². The first-order valence-corrected chi connectivity index (χ1v) is 17.1. The molecule has 0 radical (unpaired) electrons. The standard InChI is InChI=1S/C23H39NO2S.C11H14O/c1-22-13-5-4-6-16(22)7-9-18-19-10-8-17(12-15-26-21(25)24-27-3)23(19,2)14-11-20(18)22;1-11(2)8-7-9-5-3-4-6-10(9)12-11/h16-20H,4-15H2,1-3H3,(H,24,25);3-6H,7-8H2,1-2H3. The molecule has 1 aliphatic heterocycles. The van der Waals surface area contributed by atoms with Crippen LogP contribution >= 0.6 is 11.9 Å². The number of nitrogens with one attached hydrogen (secondary N) is 1. The summed E-state index contributed by atoms with van der Waals surface area (Å²) in [6, 6.07) is 8.29. The molecule has 4 aliphatic carbocycles. The van der Waals surface area contributed by atoms with Gasteiger partial charge in [-0.1, -0.05) is 56.8 Å². The molecule has 1 N–H and O–H groups in total. The molecule has 0 spiro atoms. The Hall–Kier alpha value is -1.36. The van der Waals surface area contributed by atoms with E-state index in [-0.39, 0.29) is 11.7 Å². The van der Waals surface area contributed by atoms with Crippen molar-refractivity contribution in [1.29, 1.82) is 0 Å². The molecule has 1 heterocycles. The number of hydrogen-bond donors (Lipinski definition) is 1. The Balaban J connectivity index is 0.000000214. The van der Waals surface area contributed by atoms with E-state index in [4.69, 9.17) is 9.47 Å². The Bertz CT molecular complexity index is 996. The van der Waals surface area contributed by atoms with Gasteiger partial charge in [0, 0.05) is 6.26 Å². The van der Waals surface area contributed by atoms with Crippen molar-refractivity contribution in [2.75, 3.05) is 12.9 Å². The minimum absolute atomic E-state index is 0.0222. The fraction of sp³-hybridized carbons (Fsp3) is 0.794. The third-order valence-corrected chi connectivity index (χ3v) is 12.4. The molecule has 1 aromatic carbocycles. The topological polar surface area (TPSA) is 47.6 Å². The van der Waals surface area contributed by atoms with Gasteiger partial charge in [0.25, 0.3) is 0 Å². The quantitative estimate of drug-likeness (QED) is 0.376. The van der Waals surface area contributed by atoms with Crippen LogP contribution < -0.4 is 9.46 Å². The summed E-state index contributed by atoms with van der Waals surface area (Å²) in [5, 5.41) is 0. The lowest BCUT2D eigenvalue weighted by molar-refractivity contribution is -0.111. The zero-order valence-corrected chi connectivity index (χ0v) is 26.0. The van der Waals surface area contributed by atoms with E-state index in [1.165, 1.54) is 81.7 Å². The van der Waals surface area contributed by atoms with Gasteiger partial charge in [0.1, 0.15) is 11.4 Å². The third-order valence-electron chi connectivity index (χ3n) is 12.0. The van der Waals surface area contributed by atoms with E-state index >= 15 is 0 Å². The number of fused-ring (bicyclic) bond motifs is 6. The van der Waals surface area contributed by atoms with Crippen LogP contribution in [0.2, 0.25) is 0 Å². The van der Waals surface area contributed by atoms with Crippen LogP contribution in [0.5, 0.6) is 5.75 Å². The van der Waals surface area contributed by atoms with Gasteiger partial charge in [-0.05, 0) is 137 Å². The fourth-order valence-electron chi connectivity index (χ4n) is 9.88. The minimum atomic E-state index is -0.283. The van der Waals surface area contributed by atoms with E-state index < -0.39 is 0 Å². The van der Waals surface area contributed by atoms with Gasteiger partial charge in [-0.15, -0.1) is 0 Å². The van der Waals surface area contributed by atoms with Gasteiger partial charge in [0.2, 0.25) is 0 Å². The van der Waals surface area contributed by atoms with Crippen LogP contribution in [0.1, 0.15) is 110 Å². The SMILES string of the molecule is CC1(C)CCc2ccccc2O1.CSNC(=O)OCCC1CCC2C3CCC4CCCCC4(C)C3CCC12C. The molecule has 6 rings (SSSR count). The van der Waals surface area contributed by atoms with Gasteiger partial charge in [0.05, 0.1) is 6.61 Å². The normalized spacial score (nSPS) is 37.9. The molecule has 1 amide bonds. The van der Waals surface area contributed by atoms with Crippen LogP contribution in [-0.2, 0) is 11.2 Å². The molecule has 4 nitrogen and oxygen atoms in total. The first-order chi connectivity index (χ1) is 18.7. The molecule has 0 bridgehead atoms. The summed E-state index contributed by atoms with van der Waals surface area (Å²) in [4.78, 5) is 11.6. The summed E-state index contributed by atoms with van der Waals surface area (Å²) in [6.07, 6.45) is 19.4. The Morgan fingerprint density at radius 1 is 0.949 bits per heavy atom. The van der Waals surface area contributed by atoms with Crippen LogP contribution in [0.25, 0.3) is 0 Å². The van der Waals surface area contributed by atoms with Gasteiger partial charge in [-0.2, -0.15) is 0 Å². The molecule has 5 aliphatic rings. The van der Waals surface area contributed by atoms with E-state index in [0.29, 0.717) is 17.4 Å². The summed E-state index contributed by atoms with van der Waals surface area (Å²) in [7, 11) is 0. The number of aryl methyl sites for hydroxylation is 1. The number of rotatable bonds is 4. The third kappa shape index (κ3) is 5.99. The minimum Gasteiger partial charge on any atom is -0.488 e. The summed E-state index contributed by atoms with van der Waals surface area (Å²) in [5.41, 5.74) is 2.49. The number of amides is 1. The molecule has 0 aromatic heterocycles. The van der Waals surface area contributed by atoms with Crippen molar-refractivity contribution in [3.8, 4) is 5.75 Å². The second-order valence-electron chi connectivity index (χ2n) is 14.4. The molecule has 1 aromatic rings. The van der Waals surface area contributed by atoms with Crippen molar-refractivity contribution in [3.05, 3.63) is 29.8 Å². The summed E-state index contributed by atoms with van der Waals surface area (Å²) >= 11 is 1.31. The monoisotopic (exact) mass is 555 g/mol. The van der Waals surface area contributed by atoms with Gasteiger partial charge in [-0.3, -0.25) is 4.72 Å². The molecule has 7 atom stereocenters. The van der Waals surface area contributed by atoms with Crippen molar-refractivity contribution in [2.45, 2.75) is 117 Å². The van der Waals surface area contributed by atoms with Crippen molar-refractivity contribution < 1.29 is 14.3 Å². The largest absolute Gasteiger partial charge is 0.488 e. The summed E-state index contributed by atoms with van der Waals surface area (Å²) in [5.74, 6) is 5.68. The van der Waals surface area contributed by atoms with Crippen molar-refractivity contribution in [2.24, 2.45) is 40.4 Å². The first-order valence-electron chi connectivity index (χ1n) is 15.9. The van der Waals surface area contributed by atoms with E-state index in [1.807, 2.05) is 12.3 Å². The molecule has 5 heteroatoms. The predicted octanol–water partition coefficient (Wildman–Crippen LogP) is 9.22. The number of para-hydroxylation sites is 1. The Labute approximate surface area is 242 Å². The highest BCUT2D eigenvalue weighted by Crippen LogP contribution is 2.67. The number of benzene rings is 1. The van der Waals surface area contributed by atoms with Crippen LogP contribution in [-0.4, -0.2) is 24.6 Å². The Morgan fingerprint density at radius 2 is 1.74 bits per heavy atom. The average Bonchev–Trinajstić information content (AvgIpc) is 3.24. The maximum atomic E-state index is 11.6. The molecule has 7 unspecified atom stereocenters. The van der Waals surface area contributed by atoms with Crippen molar-refractivity contribution in [3.63, 3.8) is 0 Å². The van der Waals surface area contributed by atoms with Gasteiger partial charge in [-0.25, -0.2) is 4.79 Å². The summed E-state index contributed by atoms with van der Waals surface area (Å²) < 4.78 is 13.9. The maximum Gasteiger partial charge on any atom is 0.417 e. The van der Waals surface area contributed by atoms with E-state index in [0.717, 1.165) is 54.6 Å².